The minimum atomic E-state index is 0.740. The SMILES string of the molecule is Cc1nn(C)c(N(C)Cc2ccncc2)c1N. The zero-order chi connectivity index (χ0) is 12.4. The summed E-state index contributed by atoms with van der Waals surface area (Å²) in [5, 5.41) is 4.31. The van der Waals surface area contributed by atoms with E-state index in [2.05, 4.69) is 15.0 Å². The van der Waals surface area contributed by atoms with Crippen molar-refractivity contribution in [3.8, 4) is 0 Å². The summed E-state index contributed by atoms with van der Waals surface area (Å²) in [6.07, 6.45) is 3.59. The summed E-state index contributed by atoms with van der Waals surface area (Å²) in [6.45, 7) is 2.70. The Labute approximate surface area is 101 Å². The quantitative estimate of drug-likeness (QED) is 0.866. The smallest absolute Gasteiger partial charge is 0.150 e. The molecule has 0 aliphatic carbocycles. The van der Waals surface area contributed by atoms with Gasteiger partial charge in [-0.1, -0.05) is 0 Å². The van der Waals surface area contributed by atoms with Crippen molar-refractivity contribution in [2.75, 3.05) is 17.7 Å². The molecule has 2 aromatic heterocycles. The molecule has 5 heteroatoms. The first-order valence-corrected chi connectivity index (χ1v) is 5.48. The van der Waals surface area contributed by atoms with Crippen LogP contribution in [0.1, 0.15) is 11.3 Å². The Morgan fingerprint density at radius 2 is 2.00 bits per heavy atom. The molecular weight excluding hydrogens is 214 g/mol. The monoisotopic (exact) mass is 231 g/mol. The molecule has 0 amide bonds. The molecule has 0 aliphatic heterocycles. The summed E-state index contributed by atoms with van der Waals surface area (Å²) >= 11 is 0. The Morgan fingerprint density at radius 1 is 1.35 bits per heavy atom. The second-order valence-corrected chi connectivity index (χ2v) is 4.16. The van der Waals surface area contributed by atoms with Crippen LogP contribution in [0.3, 0.4) is 0 Å². The third-order valence-electron chi connectivity index (χ3n) is 2.77. The van der Waals surface area contributed by atoms with Crippen molar-refractivity contribution >= 4 is 11.5 Å². The highest BCUT2D eigenvalue weighted by atomic mass is 15.4. The van der Waals surface area contributed by atoms with E-state index in [-0.39, 0.29) is 0 Å². The Hall–Kier alpha value is -2.04. The van der Waals surface area contributed by atoms with Crippen molar-refractivity contribution < 1.29 is 0 Å². The van der Waals surface area contributed by atoms with Crippen LogP contribution in [0.25, 0.3) is 0 Å². The first-order valence-electron chi connectivity index (χ1n) is 5.48. The Balaban J connectivity index is 2.23. The number of nitrogens with zero attached hydrogens (tertiary/aromatic N) is 4. The topological polar surface area (TPSA) is 60.0 Å². The van der Waals surface area contributed by atoms with E-state index in [0.717, 1.165) is 23.7 Å². The van der Waals surface area contributed by atoms with Crippen LogP contribution in [0.15, 0.2) is 24.5 Å². The largest absolute Gasteiger partial charge is 0.394 e. The maximum absolute atomic E-state index is 6.02. The van der Waals surface area contributed by atoms with Crippen LogP contribution < -0.4 is 10.6 Å². The van der Waals surface area contributed by atoms with Crippen molar-refractivity contribution in [1.29, 1.82) is 0 Å². The van der Waals surface area contributed by atoms with E-state index in [4.69, 9.17) is 5.73 Å². The van der Waals surface area contributed by atoms with E-state index in [9.17, 15) is 0 Å². The highest BCUT2D eigenvalue weighted by Crippen LogP contribution is 2.25. The van der Waals surface area contributed by atoms with E-state index < -0.39 is 0 Å². The van der Waals surface area contributed by atoms with Gasteiger partial charge in [0.1, 0.15) is 5.82 Å². The maximum atomic E-state index is 6.02. The van der Waals surface area contributed by atoms with Crippen LogP contribution in [0, 0.1) is 6.92 Å². The molecule has 0 radical (unpaired) electrons. The molecule has 2 rings (SSSR count). The molecule has 0 aliphatic rings. The second-order valence-electron chi connectivity index (χ2n) is 4.16. The summed E-state index contributed by atoms with van der Waals surface area (Å²) < 4.78 is 1.81. The molecule has 0 spiro atoms. The molecule has 0 saturated heterocycles. The Kier molecular flexibility index (Phi) is 2.99. The number of hydrogen-bond acceptors (Lipinski definition) is 4. The summed E-state index contributed by atoms with van der Waals surface area (Å²) in [5.41, 5.74) is 8.82. The molecule has 0 aromatic carbocycles. The highest BCUT2D eigenvalue weighted by molar-refractivity contribution is 5.65. The number of nitrogen functional groups attached to an aromatic ring is 1. The zero-order valence-corrected chi connectivity index (χ0v) is 10.4. The van der Waals surface area contributed by atoms with E-state index in [1.807, 2.05) is 37.8 Å². The summed E-state index contributed by atoms with van der Waals surface area (Å²) in [6, 6.07) is 3.99. The first kappa shape index (κ1) is 11.4. The molecule has 2 N–H and O–H groups in total. The predicted octanol–water partition coefficient (Wildman–Crippen LogP) is 1.34. The fourth-order valence-corrected chi connectivity index (χ4v) is 1.95. The molecule has 90 valence electrons. The van der Waals surface area contributed by atoms with Crippen LogP contribution >= 0.6 is 0 Å². The molecule has 2 heterocycles. The molecule has 0 unspecified atom stereocenters. The van der Waals surface area contributed by atoms with E-state index in [1.165, 1.54) is 5.56 Å². The van der Waals surface area contributed by atoms with Gasteiger partial charge in [-0.2, -0.15) is 5.10 Å². The molecule has 5 nitrogen and oxygen atoms in total. The molecule has 0 atom stereocenters. The van der Waals surface area contributed by atoms with Crippen molar-refractivity contribution in [1.82, 2.24) is 14.8 Å². The minimum absolute atomic E-state index is 0.740. The average Bonchev–Trinajstić information content (AvgIpc) is 2.54. The third-order valence-corrected chi connectivity index (χ3v) is 2.77. The number of aryl methyl sites for hydroxylation is 2. The van der Waals surface area contributed by atoms with Gasteiger partial charge in [-0.15, -0.1) is 0 Å². The summed E-state index contributed by atoms with van der Waals surface area (Å²) in [7, 11) is 3.91. The highest BCUT2D eigenvalue weighted by Gasteiger charge is 2.14. The number of pyridine rings is 1. The van der Waals surface area contributed by atoms with Gasteiger partial charge in [0.15, 0.2) is 0 Å². The van der Waals surface area contributed by atoms with Crippen LogP contribution in [-0.4, -0.2) is 21.8 Å². The third kappa shape index (κ3) is 2.22. The second kappa shape index (κ2) is 4.45. The molecule has 0 fully saturated rings. The fraction of sp³-hybridized carbons (Fsp3) is 0.333. The van der Waals surface area contributed by atoms with Crippen molar-refractivity contribution in [2.24, 2.45) is 7.05 Å². The van der Waals surface area contributed by atoms with Gasteiger partial charge in [-0.05, 0) is 24.6 Å². The van der Waals surface area contributed by atoms with Gasteiger partial charge >= 0.3 is 0 Å². The van der Waals surface area contributed by atoms with Crippen LogP contribution in [0.2, 0.25) is 0 Å². The van der Waals surface area contributed by atoms with E-state index >= 15 is 0 Å². The van der Waals surface area contributed by atoms with Gasteiger partial charge in [0, 0.05) is 33.0 Å². The lowest BCUT2D eigenvalue weighted by atomic mass is 10.2. The van der Waals surface area contributed by atoms with E-state index in [0.29, 0.717) is 0 Å². The van der Waals surface area contributed by atoms with Crippen LogP contribution in [-0.2, 0) is 13.6 Å². The molecule has 2 aromatic rings. The fourth-order valence-electron chi connectivity index (χ4n) is 1.95. The van der Waals surface area contributed by atoms with Crippen LogP contribution in [0.4, 0.5) is 11.5 Å². The summed E-state index contributed by atoms with van der Waals surface area (Å²) in [4.78, 5) is 6.09. The van der Waals surface area contributed by atoms with Gasteiger partial charge in [-0.25, -0.2) is 0 Å². The molecule has 17 heavy (non-hydrogen) atoms. The number of nitrogens with two attached hydrogens (primary N) is 1. The Morgan fingerprint density at radius 3 is 2.53 bits per heavy atom. The molecule has 0 saturated carbocycles. The van der Waals surface area contributed by atoms with Crippen molar-refractivity contribution in [3.05, 3.63) is 35.8 Å². The van der Waals surface area contributed by atoms with Crippen molar-refractivity contribution in [2.45, 2.75) is 13.5 Å². The van der Waals surface area contributed by atoms with Gasteiger partial charge in [0.2, 0.25) is 0 Å². The summed E-state index contributed by atoms with van der Waals surface area (Å²) in [5.74, 6) is 0.944. The number of anilines is 2. The molecular formula is C12H17N5. The standard InChI is InChI=1S/C12H17N5/c1-9-11(13)12(17(3)15-9)16(2)8-10-4-6-14-7-5-10/h4-7H,8,13H2,1-3H3. The number of rotatable bonds is 3. The lowest BCUT2D eigenvalue weighted by Gasteiger charge is -2.19. The van der Waals surface area contributed by atoms with E-state index in [1.54, 1.807) is 12.4 Å². The van der Waals surface area contributed by atoms with Crippen LogP contribution in [0.5, 0.6) is 0 Å². The van der Waals surface area contributed by atoms with Gasteiger partial charge < -0.3 is 10.6 Å². The minimum Gasteiger partial charge on any atom is -0.394 e. The number of aromatic nitrogens is 3. The average molecular weight is 231 g/mol. The van der Waals surface area contributed by atoms with Gasteiger partial charge in [-0.3, -0.25) is 9.67 Å². The normalized spacial score (nSPS) is 10.5. The Bertz CT molecular complexity index is 503. The number of hydrogen-bond donors (Lipinski definition) is 1. The zero-order valence-electron chi connectivity index (χ0n) is 10.4. The van der Waals surface area contributed by atoms with Gasteiger partial charge in [0.25, 0.3) is 0 Å². The van der Waals surface area contributed by atoms with Gasteiger partial charge in [0.05, 0.1) is 11.4 Å². The van der Waals surface area contributed by atoms with Crippen molar-refractivity contribution in [3.63, 3.8) is 0 Å². The lowest BCUT2D eigenvalue weighted by Crippen LogP contribution is -2.20. The first-order chi connectivity index (χ1) is 8.09. The maximum Gasteiger partial charge on any atom is 0.150 e. The predicted molar refractivity (Wildman–Crippen MR) is 68.7 cm³/mol. The lowest BCUT2D eigenvalue weighted by molar-refractivity contribution is 0.727. The molecule has 0 bridgehead atoms.